The zero-order valence-corrected chi connectivity index (χ0v) is 34.1. The Labute approximate surface area is 341 Å². The molecular formula is C53H51N3O. The number of fused-ring (bicyclic) bond motifs is 1. The lowest BCUT2D eigenvalue weighted by Crippen LogP contribution is -2.14. The van der Waals surface area contributed by atoms with Crippen LogP contribution in [0.15, 0.2) is 140 Å². The summed E-state index contributed by atoms with van der Waals surface area (Å²) in [6, 6.07) is 45.3. The van der Waals surface area contributed by atoms with Crippen molar-refractivity contribution in [3.63, 3.8) is 0 Å². The lowest BCUT2D eigenvalue weighted by molar-refractivity contribution is 0.472. The molecule has 0 unspecified atom stereocenters. The van der Waals surface area contributed by atoms with E-state index in [1.165, 1.54) is 16.7 Å². The molecule has 0 atom stereocenters. The van der Waals surface area contributed by atoms with Crippen LogP contribution in [-0.4, -0.2) is 19.6 Å². The molecule has 284 valence electrons. The van der Waals surface area contributed by atoms with Crippen molar-refractivity contribution >= 4 is 11.0 Å². The number of aromatic nitrogens is 3. The molecule has 8 aromatic rings. The second-order valence-corrected chi connectivity index (χ2v) is 17.3. The van der Waals surface area contributed by atoms with E-state index in [0.29, 0.717) is 17.0 Å². The van der Waals surface area contributed by atoms with Crippen LogP contribution in [0.4, 0.5) is 0 Å². The molecular weight excluding hydrogens is 695 g/mol. The number of rotatable bonds is 6. The van der Waals surface area contributed by atoms with Gasteiger partial charge in [-0.05, 0) is 130 Å². The van der Waals surface area contributed by atoms with Crippen LogP contribution in [-0.2, 0) is 10.8 Å². The molecule has 0 aliphatic carbocycles. The van der Waals surface area contributed by atoms with Gasteiger partial charge in [0.05, 0.1) is 22.3 Å². The van der Waals surface area contributed by atoms with Crippen LogP contribution in [0.2, 0.25) is 0 Å². The minimum Gasteiger partial charge on any atom is -0.507 e. The Bertz CT molecular complexity index is 2890. The molecule has 0 saturated carbocycles. The van der Waals surface area contributed by atoms with Crippen LogP contribution >= 0.6 is 0 Å². The lowest BCUT2D eigenvalue weighted by atomic mass is 9.81. The largest absolute Gasteiger partial charge is 0.507 e. The fourth-order valence-corrected chi connectivity index (χ4v) is 7.86. The van der Waals surface area contributed by atoms with Crippen molar-refractivity contribution in [3.05, 3.63) is 167 Å². The summed E-state index contributed by atoms with van der Waals surface area (Å²) in [7, 11) is 0. The first-order valence-corrected chi connectivity index (χ1v) is 19.6. The van der Waals surface area contributed by atoms with Gasteiger partial charge >= 0.3 is 0 Å². The molecule has 0 saturated heterocycles. The minimum atomic E-state index is -2.16. The molecule has 1 N–H and O–H groups in total. The summed E-state index contributed by atoms with van der Waals surface area (Å²) in [6.45, 7) is 15.2. The molecule has 57 heavy (non-hydrogen) atoms. The van der Waals surface area contributed by atoms with Crippen LogP contribution in [0, 0.1) is 20.7 Å². The molecule has 0 radical (unpaired) electrons. The summed E-state index contributed by atoms with van der Waals surface area (Å²) in [5.41, 5.74) is 15.5. The highest BCUT2D eigenvalue weighted by molar-refractivity contribution is 5.97. The van der Waals surface area contributed by atoms with Gasteiger partial charge in [-0.15, -0.1) is 0 Å². The number of hydrogen-bond donors (Lipinski definition) is 1. The van der Waals surface area contributed by atoms with E-state index in [9.17, 15) is 5.11 Å². The number of hydrogen-bond acceptors (Lipinski definition) is 3. The van der Waals surface area contributed by atoms with Gasteiger partial charge in [0.2, 0.25) is 0 Å². The number of phenolic OH excluding ortho intramolecular Hbond substituents is 1. The number of para-hydroxylation sites is 1. The molecule has 6 aromatic carbocycles. The van der Waals surface area contributed by atoms with E-state index in [1.807, 2.05) is 49.5 Å². The second-order valence-electron chi connectivity index (χ2n) is 17.3. The Morgan fingerprint density at radius 2 is 1.33 bits per heavy atom. The fraction of sp³-hybridized carbons (Fsp3) is 0.208. The maximum Gasteiger partial charge on any atom is 0.149 e. The molecule has 4 nitrogen and oxygen atoms in total. The molecule has 8 rings (SSSR count). The first-order chi connectivity index (χ1) is 28.4. The SMILES string of the molecule is [2H]C([2H])([2H])c1ccc(-c2ccnc(-c3cc(-c4cccc5c4nc(-c4cc(C)cc(C)c4O)n5-c4ccc(-c5ccccc5)c(C(C)(C)C)c4)cc(C(C)(C)C)c3)c2)cc1. The van der Waals surface area contributed by atoms with Crippen molar-refractivity contribution in [1.82, 2.24) is 14.5 Å². The third kappa shape index (κ3) is 7.29. The number of aromatic hydroxyl groups is 1. The summed E-state index contributed by atoms with van der Waals surface area (Å²) in [5.74, 6) is 0.881. The summed E-state index contributed by atoms with van der Waals surface area (Å²) in [4.78, 5) is 10.3. The van der Waals surface area contributed by atoms with Crippen molar-refractivity contribution in [1.29, 1.82) is 0 Å². The van der Waals surface area contributed by atoms with Gasteiger partial charge in [0.1, 0.15) is 11.6 Å². The number of imidazole rings is 1. The van der Waals surface area contributed by atoms with E-state index in [1.54, 1.807) is 12.1 Å². The van der Waals surface area contributed by atoms with Crippen molar-refractivity contribution in [2.24, 2.45) is 0 Å². The van der Waals surface area contributed by atoms with Crippen LogP contribution in [0.25, 0.3) is 72.7 Å². The third-order valence-corrected chi connectivity index (χ3v) is 10.9. The van der Waals surface area contributed by atoms with Gasteiger partial charge in [0.25, 0.3) is 0 Å². The topological polar surface area (TPSA) is 50.9 Å². The number of nitrogens with zero attached hydrogens (tertiary/aromatic N) is 3. The van der Waals surface area contributed by atoms with E-state index < -0.39 is 6.85 Å². The number of benzene rings is 6. The Morgan fingerprint density at radius 1 is 0.579 bits per heavy atom. The zero-order valence-electron chi connectivity index (χ0n) is 37.1. The van der Waals surface area contributed by atoms with Gasteiger partial charge in [-0.3, -0.25) is 9.55 Å². The van der Waals surface area contributed by atoms with Crippen LogP contribution in [0.5, 0.6) is 5.75 Å². The minimum absolute atomic E-state index is 0.165. The van der Waals surface area contributed by atoms with Gasteiger partial charge in [0.15, 0.2) is 0 Å². The molecule has 0 bridgehead atoms. The molecule has 0 aliphatic heterocycles. The quantitative estimate of drug-likeness (QED) is 0.184. The van der Waals surface area contributed by atoms with E-state index in [0.717, 1.165) is 66.9 Å². The Kier molecular flexibility index (Phi) is 8.57. The Hall–Kier alpha value is -6.26. The Balaban J connectivity index is 1.35. The molecule has 0 spiro atoms. The first-order valence-electron chi connectivity index (χ1n) is 21.1. The monoisotopic (exact) mass is 748 g/mol. The summed E-state index contributed by atoms with van der Waals surface area (Å²) in [5, 5.41) is 11.7. The molecule has 0 aliphatic rings. The standard InChI is InChI=1S/C53H51N3O/c1-33-18-20-36(21-19-33)38-24-25-54-47(31-38)40-28-39(29-41(30-40)52(4,5)6)44-16-13-17-48-49(44)55-51(45-27-34(2)26-35(3)50(45)57)56(48)42-22-23-43(37-14-11-10-12-15-37)46(32-42)53(7,8)9/h10-32,57H,1-9H3/i1D3. The average Bonchev–Trinajstić information content (AvgIpc) is 3.61. The Morgan fingerprint density at radius 3 is 2.05 bits per heavy atom. The van der Waals surface area contributed by atoms with Crippen LogP contribution in [0.1, 0.15) is 73.5 Å². The average molecular weight is 749 g/mol. The maximum absolute atomic E-state index is 11.7. The van der Waals surface area contributed by atoms with E-state index >= 15 is 0 Å². The van der Waals surface area contributed by atoms with E-state index in [2.05, 4.69) is 138 Å². The van der Waals surface area contributed by atoms with Crippen molar-refractivity contribution in [2.75, 3.05) is 0 Å². The number of phenols is 1. The van der Waals surface area contributed by atoms with Crippen molar-refractivity contribution in [3.8, 4) is 67.5 Å². The first kappa shape index (κ1) is 34.0. The zero-order chi connectivity index (χ0) is 42.7. The van der Waals surface area contributed by atoms with Crippen molar-refractivity contribution < 1.29 is 9.22 Å². The smallest absolute Gasteiger partial charge is 0.149 e. The van der Waals surface area contributed by atoms with Crippen LogP contribution in [0.3, 0.4) is 0 Å². The number of aryl methyl sites for hydroxylation is 3. The van der Waals surface area contributed by atoms with Crippen LogP contribution < -0.4 is 0 Å². The van der Waals surface area contributed by atoms with E-state index in [-0.39, 0.29) is 16.6 Å². The van der Waals surface area contributed by atoms with Crippen molar-refractivity contribution in [2.45, 2.75) is 73.1 Å². The molecule has 0 amide bonds. The predicted octanol–water partition coefficient (Wildman–Crippen LogP) is 14.0. The lowest BCUT2D eigenvalue weighted by Gasteiger charge is -2.25. The highest BCUT2D eigenvalue weighted by Gasteiger charge is 2.25. The maximum atomic E-state index is 11.7. The highest BCUT2D eigenvalue weighted by Crippen LogP contribution is 2.42. The predicted molar refractivity (Wildman–Crippen MR) is 239 cm³/mol. The van der Waals surface area contributed by atoms with Gasteiger partial charge in [0, 0.05) is 27.1 Å². The second kappa shape index (κ2) is 14.4. The highest BCUT2D eigenvalue weighted by atomic mass is 16.3. The summed E-state index contributed by atoms with van der Waals surface area (Å²) < 4.78 is 25.6. The van der Waals surface area contributed by atoms with Gasteiger partial charge in [-0.25, -0.2) is 4.98 Å². The van der Waals surface area contributed by atoms with Gasteiger partial charge in [-0.2, -0.15) is 0 Å². The van der Waals surface area contributed by atoms with Gasteiger partial charge < -0.3 is 5.11 Å². The molecule has 4 heteroatoms. The molecule has 2 heterocycles. The molecule has 0 fully saturated rings. The fourth-order valence-electron chi connectivity index (χ4n) is 7.86. The number of pyridine rings is 1. The van der Waals surface area contributed by atoms with E-state index in [4.69, 9.17) is 14.1 Å². The normalized spacial score (nSPS) is 13.0. The summed E-state index contributed by atoms with van der Waals surface area (Å²) in [6.07, 6.45) is 1.81. The summed E-state index contributed by atoms with van der Waals surface area (Å²) >= 11 is 0. The third-order valence-electron chi connectivity index (χ3n) is 10.9. The molecule has 2 aromatic heterocycles. The van der Waals surface area contributed by atoms with Gasteiger partial charge in [-0.1, -0.05) is 132 Å².